The van der Waals surface area contributed by atoms with Crippen LogP contribution in [0.2, 0.25) is 0 Å². The molecule has 0 aliphatic heterocycles. The summed E-state index contributed by atoms with van der Waals surface area (Å²) in [5.41, 5.74) is 2.88. The summed E-state index contributed by atoms with van der Waals surface area (Å²) in [6, 6.07) is 9.13. The number of benzene rings is 1. The first-order chi connectivity index (χ1) is 8.83. The maximum atomic E-state index is 11.7. The van der Waals surface area contributed by atoms with Gasteiger partial charge in [-0.1, -0.05) is 6.07 Å². The fourth-order valence-corrected chi connectivity index (χ4v) is 1.77. The van der Waals surface area contributed by atoms with E-state index in [1.165, 1.54) is 6.26 Å². The number of aromatic nitrogens is 2. The molecule has 0 aliphatic carbocycles. The fraction of sp³-hybridized carbons (Fsp3) is 0.0769. The van der Waals surface area contributed by atoms with Crippen molar-refractivity contribution in [3.05, 3.63) is 54.2 Å². The van der Waals surface area contributed by atoms with Crippen LogP contribution in [0.1, 0.15) is 16.1 Å². The predicted octanol–water partition coefficient (Wildman–Crippen LogP) is 2.09. The SMILES string of the molecule is O=C(NCc1ccc2nc[nH]c2c1)c1ccco1. The topological polar surface area (TPSA) is 70.9 Å². The normalized spacial score (nSPS) is 10.7. The van der Waals surface area contributed by atoms with Gasteiger partial charge in [0.2, 0.25) is 0 Å². The molecule has 0 aliphatic rings. The monoisotopic (exact) mass is 241 g/mol. The zero-order chi connectivity index (χ0) is 12.4. The van der Waals surface area contributed by atoms with Crippen molar-refractivity contribution >= 4 is 16.9 Å². The first-order valence-corrected chi connectivity index (χ1v) is 5.56. The lowest BCUT2D eigenvalue weighted by atomic mass is 10.2. The third-order valence-corrected chi connectivity index (χ3v) is 2.68. The van der Waals surface area contributed by atoms with Gasteiger partial charge in [-0.3, -0.25) is 4.79 Å². The van der Waals surface area contributed by atoms with E-state index in [0.717, 1.165) is 16.6 Å². The molecule has 90 valence electrons. The second-order valence-electron chi connectivity index (χ2n) is 3.91. The highest BCUT2D eigenvalue weighted by Gasteiger charge is 2.07. The van der Waals surface area contributed by atoms with Gasteiger partial charge >= 0.3 is 0 Å². The van der Waals surface area contributed by atoms with E-state index in [1.54, 1.807) is 18.5 Å². The standard InChI is InChI=1S/C13H11N3O2/c17-13(12-2-1-5-18-12)14-7-9-3-4-10-11(6-9)16-8-15-10/h1-6,8H,7H2,(H,14,17)(H,15,16). The third kappa shape index (κ3) is 1.98. The molecule has 0 bridgehead atoms. The van der Waals surface area contributed by atoms with E-state index < -0.39 is 0 Å². The molecule has 5 heteroatoms. The van der Waals surface area contributed by atoms with Gasteiger partial charge in [-0.15, -0.1) is 0 Å². The van der Waals surface area contributed by atoms with E-state index in [4.69, 9.17) is 4.42 Å². The van der Waals surface area contributed by atoms with Crippen molar-refractivity contribution < 1.29 is 9.21 Å². The molecule has 3 rings (SSSR count). The molecule has 0 saturated carbocycles. The van der Waals surface area contributed by atoms with Crippen LogP contribution in [0, 0.1) is 0 Å². The van der Waals surface area contributed by atoms with Gasteiger partial charge in [0.25, 0.3) is 5.91 Å². The van der Waals surface area contributed by atoms with Gasteiger partial charge in [0.15, 0.2) is 5.76 Å². The van der Waals surface area contributed by atoms with Gasteiger partial charge in [0, 0.05) is 6.54 Å². The van der Waals surface area contributed by atoms with Crippen LogP contribution in [0.15, 0.2) is 47.3 Å². The third-order valence-electron chi connectivity index (χ3n) is 2.68. The highest BCUT2D eigenvalue weighted by molar-refractivity contribution is 5.91. The molecule has 1 aromatic carbocycles. The smallest absolute Gasteiger partial charge is 0.287 e. The van der Waals surface area contributed by atoms with Crippen molar-refractivity contribution in [3.8, 4) is 0 Å². The zero-order valence-electron chi connectivity index (χ0n) is 9.51. The number of H-pyrrole nitrogens is 1. The summed E-state index contributed by atoms with van der Waals surface area (Å²) >= 11 is 0. The Morgan fingerprint density at radius 1 is 1.39 bits per heavy atom. The van der Waals surface area contributed by atoms with Crippen LogP contribution < -0.4 is 5.32 Å². The lowest BCUT2D eigenvalue weighted by Crippen LogP contribution is -2.22. The number of aromatic amines is 1. The van der Waals surface area contributed by atoms with Crippen LogP contribution in [0.4, 0.5) is 0 Å². The molecule has 0 unspecified atom stereocenters. The summed E-state index contributed by atoms with van der Waals surface area (Å²) in [6.45, 7) is 0.453. The molecule has 5 nitrogen and oxygen atoms in total. The van der Waals surface area contributed by atoms with Crippen molar-refractivity contribution in [1.29, 1.82) is 0 Å². The van der Waals surface area contributed by atoms with Crippen LogP contribution in [0.3, 0.4) is 0 Å². The van der Waals surface area contributed by atoms with Gasteiger partial charge in [0.1, 0.15) is 0 Å². The van der Waals surface area contributed by atoms with Gasteiger partial charge < -0.3 is 14.7 Å². The first-order valence-electron chi connectivity index (χ1n) is 5.56. The molecule has 0 saturated heterocycles. The van der Waals surface area contributed by atoms with Gasteiger partial charge in [-0.2, -0.15) is 0 Å². The van der Waals surface area contributed by atoms with Crippen LogP contribution in [-0.2, 0) is 6.54 Å². The minimum atomic E-state index is -0.218. The molecule has 0 atom stereocenters. The number of fused-ring (bicyclic) bond motifs is 1. The molecule has 2 N–H and O–H groups in total. The van der Waals surface area contributed by atoms with Gasteiger partial charge in [0.05, 0.1) is 23.6 Å². The van der Waals surface area contributed by atoms with E-state index in [9.17, 15) is 4.79 Å². The Morgan fingerprint density at radius 2 is 2.33 bits per heavy atom. The Labute approximate surface area is 103 Å². The Hall–Kier alpha value is -2.56. The molecule has 0 fully saturated rings. The number of carbonyl (C=O) groups excluding carboxylic acids is 1. The number of nitrogens with zero attached hydrogens (tertiary/aromatic N) is 1. The quantitative estimate of drug-likeness (QED) is 0.737. The largest absolute Gasteiger partial charge is 0.459 e. The molecule has 2 aromatic heterocycles. The summed E-state index contributed by atoms with van der Waals surface area (Å²) in [4.78, 5) is 18.8. The van der Waals surface area contributed by atoms with Gasteiger partial charge in [-0.05, 0) is 29.8 Å². The van der Waals surface area contributed by atoms with E-state index >= 15 is 0 Å². The van der Waals surface area contributed by atoms with Crippen molar-refractivity contribution in [2.24, 2.45) is 0 Å². The molecular formula is C13H11N3O2. The average molecular weight is 241 g/mol. The lowest BCUT2D eigenvalue weighted by molar-refractivity contribution is 0.0923. The second kappa shape index (κ2) is 4.37. The number of furan rings is 1. The first kappa shape index (κ1) is 10.6. The fourth-order valence-electron chi connectivity index (χ4n) is 1.77. The van der Waals surface area contributed by atoms with E-state index in [1.807, 2.05) is 18.2 Å². The number of amides is 1. The van der Waals surface area contributed by atoms with Crippen molar-refractivity contribution in [1.82, 2.24) is 15.3 Å². The highest BCUT2D eigenvalue weighted by atomic mass is 16.3. The van der Waals surface area contributed by atoms with Gasteiger partial charge in [-0.25, -0.2) is 4.98 Å². The number of hydrogen-bond donors (Lipinski definition) is 2. The molecule has 0 spiro atoms. The molecule has 1 amide bonds. The summed E-state index contributed by atoms with van der Waals surface area (Å²) in [5, 5.41) is 2.79. The number of hydrogen-bond acceptors (Lipinski definition) is 3. The number of nitrogens with one attached hydrogen (secondary N) is 2. The van der Waals surface area contributed by atoms with Crippen molar-refractivity contribution in [2.75, 3.05) is 0 Å². The second-order valence-corrected chi connectivity index (χ2v) is 3.91. The highest BCUT2D eigenvalue weighted by Crippen LogP contribution is 2.11. The minimum absolute atomic E-state index is 0.218. The Balaban J connectivity index is 1.71. The summed E-state index contributed by atoms with van der Waals surface area (Å²) in [5.74, 6) is 0.0994. The molecule has 0 radical (unpaired) electrons. The van der Waals surface area contributed by atoms with Crippen LogP contribution >= 0.6 is 0 Å². The molecule has 18 heavy (non-hydrogen) atoms. The lowest BCUT2D eigenvalue weighted by Gasteiger charge is -2.03. The van der Waals surface area contributed by atoms with Crippen molar-refractivity contribution in [2.45, 2.75) is 6.54 Å². The zero-order valence-corrected chi connectivity index (χ0v) is 9.51. The Kier molecular flexibility index (Phi) is 2.57. The maximum absolute atomic E-state index is 11.7. The molecule has 2 heterocycles. The number of carbonyl (C=O) groups is 1. The van der Waals surface area contributed by atoms with Crippen LogP contribution in [0.5, 0.6) is 0 Å². The van der Waals surface area contributed by atoms with E-state index in [0.29, 0.717) is 12.3 Å². The minimum Gasteiger partial charge on any atom is -0.459 e. The Bertz CT molecular complexity index is 670. The maximum Gasteiger partial charge on any atom is 0.287 e. The summed E-state index contributed by atoms with van der Waals surface area (Å²) in [7, 11) is 0. The summed E-state index contributed by atoms with van der Waals surface area (Å²) in [6.07, 6.45) is 3.13. The number of rotatable bonds is 3. The average Bonchev–Trinajstić information content (AvgIpc) is 3.05. The van der Waals surface area contributed by atoms with Crippen LogP contribution in [-0.4, -0.2) is 15.9 Å². The van der Waals surface area contributed by atoms with E-state index in [-0.39, 0.29) is 5.91 Å². The number of imidazole rings is 1. The van der Waals surface area contributed by atoms with Crippen molar-refractivity contribution in [3.63, 3.8) is 0 Å². The Morgan fingerprint density at radius 3 is 3.17 bits per heavy atom. The van der Waals surface area contributed by atoms with E-state index in [2.05, 4.69) is 15.3 Å². The molecular weight excluding hydrogens is 230 g/mol. The molecule has 3 aromatic rings. The van der Waals surface area contributed by atoms with Crippen LogP contribution in [0.25, 0.3) is 11.0 Å². The summed E-state index contributed by atoms with van der Waals surface area (Å²) < 4.78 is 5.01. The predicted molar refractivity (Wildman–Crippen MR) is 66.0 cm³/mol.